The number of para-hydroxylation sites is 1. The minimum Gasteiger partial charge on any atom is -0.617 e. The molecule has 5 nitrogen and oxygen atoms in total. The molecule has 0 aliphatic heterocycles. The number of aromatic nitrogens is 2. The highest BCUT2D eigenvalue weighted by Gasteiger charge is 2.24. The van der Waals surface area contributed by atoms with Crippen molar-refractivity contribution in [3.63, 3.8) is 0 Å². The second-order valence-electron chi connectivity index (χ2n) is 3.99. The topological polar surface area (TPSA) is 74.1 Å². The Bertz CT molecular complexity index is 836. The van der Waals surface area contributed by atoms with Gasteiger partial charge in [-0.15, -0.1) is 0 Å². The van der Waals surface area contributed by atoms with Gasteiger partial charge in [0.25, 0.3) is 16.6 Å². The number of fused-ring (bicyclic) bond motifs is 2. The van der Waals surface area contributed by atoms with E-state index in [1.165, 1.54) is 24.3 Å². The molecule has 1 aromatic heterocycles. The SMILES string of the molecule is [O-][n+]1c2cc(Br)c(Br)cc2[n+]([O-])c2c(O)cccc21. The van der Waals surface area contributed by atoms with Crippen LogP contribution in [0.5, 0.6) is 5.75 Å². The third-order valence-electron chi connectivity index (χ3n) is 2.87. The molecule has 3 rings (SSSR count). The average molecular weight is 386 g/mol. The first-order valence-electron chi connectivity index (χ1n) is 5.26. The van der Waals surface area contributed by atoms with Crippen molar-refractivity contribution in [3.8, 4) is 5.75 Å². The summed E-state index contributed by atoms with van der Waals surface area (Å²) >= 11 is 6.58. The number of phenolic OH excluding ortho intramolecular Hbond substituents is 1. The van der Waals surface area contributed by atoms with Gasteiger partial charge >= 0.3 is 5.52 Å². The van der Waals surface area contributed by atoms with Crippen molar-refractivity contribution < 1.29 is 14.6 Å². The number of phenols is 1. The fourth-order valence-electron chi connectivity index (χ4n) is 1.99. The summed E-state index contributed by atoms with van der Waals surface area (Å²) in [4.78, 5) is 0. The maximum absolute atomic E-state index is 12.3. The zero-order valence-corrected chi connectivity index (χ0v) is 12.5. The van der Waals surface area contributed by atoms with Gasteiger partial charge in [-0.25, -0.2) is 0 Å². The molecule has 0 bridgehead atoms. The number of aromatic hydroxyl groups is 1. The van der Waals surface area contributed by atoms with E-state index in [1.807, 2.05) is 0 Å². The van der Waals surface area contributed by atoms with Gasteiger partial charge in [0.1, 0.15) is 0 Å². The fourth-order valence-corrected chi connectivity index (χ4v) is 2.66. The quantitative estimate of drug-likeness (QED) is 0.367. The smallest absolute Gasteiger partial charge is 0.332 e. The first-order chi connectivity index (χ1) is 9.00. The fraction of sp³-hybridized carbons (Fsp3) is 0. The van der Waals surface area contributed by atoms with Crippen LogP contribution in [0.1, 0.15) is 0 Å². The van der Waals surface area contributed by atoms with Gasteiger partial charge in [0.05, 0.1) is 0 Å². The summed E-state index contributed by atoms with van der Waals surface area (Å²) in [6, 6.07) is 7.48. The van der Waals surface area contributed by atoms with Crippen LogP contribution in [0.3, 0.4) is 0 Å². The molecule has 0 aliphatic rings. The van der Waals surface area contributed by atoms with Crippen LogP contribution < -0.4 is 9.46 Å². The number of hydrogen-bond donors (Lipinski definition) is 1. The molecule has 0 radical (unpaired) electrons. The molecule has 2 aromatic carbocycles. The Morgan fingerprint density at radius 2 is 1.47 bits per heavy atom. The van der Waals surface area contributed by atoms with E-state index in [9.17, 15) is 15.5 Å². The van der Waals surface area contributed by atoms with Crippen LogP contribution >= 0.6 is 31.9 Å². The Labute approximate surface area is 124 Å². The van der Waals surface area contributed by atoms with E-state index in [0.717, 1.165) is 0 Å². The minimum atomic E-state index is -0.224. The van der Waals surface area contributed by atoms with Crippen LogP contribution in [0.2, 0.25) is 0 Å². The van der Waals surface area contributed by atoms with Crippen molar-refractivity contribution in [1.82, 2.24) is 0 Å². The normalized spacial score (nSPS) is 11.3. The number of nitrogens with zero attached hydrogens (tertiary/aromatic N) is 2. The summed E-state index contributed by atoms with van der Waals surface area (Å²) in [5.41, 5.74) is 0.484. The summed E-state index contributed by atoms with van der Waals surface area (Å²) in [6.45, 7) is 0. The summed E-state index contributed by atoms with van der Waals surface area (Å²) in [5, 5.41) is 34.3. The summed E-state index contributed by atoms with van der Waals surface area (Å²) < 4.78 is 2.52. The lowest BCUT2D eigenvalue weighted by Gasteiger charge is -2.09. The van der Waals surface area contributed by atoms with Gasteiger partial charge in [-0.1, -0.05) is 6.07 Å². The lowest BCUT2D eigenvalue weighted by molar-refractivity contribution is -0.591. The summed E-state index contributed by atoms with van der Waals surface area (Å²) in [7, 11) is 0. The molecule has 0 amide bonds. The zero-order valence-electron chi connectivity index (χ0n) is 9.30. The highest BCUT2D eigenvalue weighted by molar-refractivity contribution is 9.13. The standard InChI is InChI=1S/C12H6Br2N2O3/c13-6-4-9-10(5-7(6)14)16(19)12-8(15(9)18)2-1-3-11(12)17/h1-5,17H. The Kier molecular flexibility index (Phi) is 2.75. The second kappa shape index (κ2) is 4.21. The molecule has 0 spiro atoms. The molecule has 0 saturated heterocycles. The van der Waals surface area contributed by atoms with Crippen molar-refractivity contribution in [2.45, 2.75) is 0 Å². The van der Waals surface area contributed by atoms with E-state index < -0.39 is 0 Å². The third-order valence-corrected chi connectivity index (χ3v) is 4.71. The highest BCUT2D eigenvalue weighted by atomic mass is 79.9. The van der Waals surface area contributed by atoms with E-state index in [1.54, 1.807) is 6.07 Å². The molecule has 0 atom stereocenters. The van der Waals surface area contributed by atoms with Gasteiger partial charge in [0, 0.05) is 27.1 Å². The van der Waals surface area contributed by atoms with E-state index in [2.05, 4.69) is 31.9 Å². The first kappa shape index (κ1) is 12.4. The molecule has 19 heavy (non-hydrogen) atoms. The molecule has 0 unspecified atom stereocenters. The van der Waals surface area contributed by atoms with Gasteiger partial charge in [-0.2, -0.15) is 9.46 Å². The van der Waals surface area contributed by atoms with Crippen LogP contribution in [0, 0.1) is 10.4 Å². The number of benzene rings is 2. The Balaban J connectivity index is 2.65. The monoisotopic (exact) mass is 384 g/mol. The van der Waals surface area contributed by atoms with Crippen LogP contribution in [-0.4, -0.2) is 5.11 Å². The molecule has 0 fully saturated rings. The van der Waals surface area contributed by atoms with E-state index in [0.29, 0.717) is 18.4 Å². The van der Waals surface area contributed by atoms with Gasteiger partial charge in [-0.3, -0.25) is 0 Å². The predicted molar refractivity (Wildman–Crippen MR) is 76.4 cm³/mol. The van der Waals surface area contributed by atoms with Crippen LogP contribution in [0.25, 0.3) is 22.1 Å². The molecule has 96 valence electrons. The molecule has 1 N–H and O–H groups in total. The third kappa shape index (κ3) is 1.73. The largest absolute Gasteiger partial charge is 0.617 e. The molecule has 0 aliphatic carbocycles. The lowest BCUT2D eigenvalue weighted by atomic mass is 10.2. The summed E-state index contributed by atoms with van der Waals surface area (Å²) in [5.74, 6) is -0.224. The lowest BCUT2D eigenvalue weighted by Crippen LogP contribution is -2.39. The molecule has 1 heterocycles. The van der Waals surface area contributed by atoms with Crippen molar-refractivity contribution in [1.29, 1.82) is 0 Å². The minimum absolute atomic E-state index is 0.0424. The highest BCUT2D eigenvalue weighted by Crippen LogP contribution is 2.28. The molecule has 3 aromatic rings. The van der Waals surface area contributed by atoms with Crippen LogP contribution in [0.4, 0.5) is 0 Å². The van der Waals surface area contributed by atoms with Crippen LogP contribution in [0.15, 0.2) is 39.3 Å². The Morgan fingerprint density at radius 3 is 2.11 bits per heavy atom. The van der Waals surface area contributed by atoms with Crippen molar-refractivity contribution >= 4 is 53.9 Å². The predicted octanol–water partition coefficient (Wildman–Crippen LogP) is 2.49. The number of hydrogen-bond acceptors (Lipinski definition) is 3. The first-order valence-corrected chi connectivity index (χ1v) is 6.85. The molecule has 0 saturated carbocycles. The van der Waals surface area contributed by atoms with Gasteiger partial charge in [0.15, 0.2) is 5.75 Å². The van der Waals surface area contributed by atoms with Gasteiger partial charge in [-0.05, 0) is 37.9 Å². The average Bonchev–Trinajstić information content (AvgIpc) is 2.38. The molecular weight excluding hydrogens is 380 g/mol. The maximum atomic E-state index is 12.3. The zero-order chi connectivity index (χ0) is 13.7. The Hall–Kier alpha value is -1.60. The van der Waals surface area contributed by atoms with E-state index >= 15 is 0 Å². The van der Waals surface area contributed by atoms with Crippen LogP contribution in [-0.2, 0) is 0 Å². The van der Waals surface area contributed by atoms with E-state index in [4.69, 9.17) is 0 Å². The second-order valence-corrected chi connectivity index (χ2v) is 5.70. The summed E-state index contributed by atoms with van der Waals surface area (Å²) in [6.07, 6.45) is 0. The van der Waals surface area contributed by atoms with E-state index in [-0.39, 0.29) is 27.8 Å². The van der Waals surface area contributed by atoms with Crippen molar-refractivity contribution in [2.75, 3.05) is 0 Å². The van der Waals surface area contributed by atoms with Gasteiger partial charge in [0.2, 0.25) is 0 Å². The molecule has 7 heteroatoms. The maximum Gasteiger partial charge on any atom is 0.332 e. The number of rotatable bonds is 0. The van der Waals surface area contributed by atoms with Gasteiger partial charge < -0.3 is 15.5 Å². The van der Waals surface area contributed by atoms with Crippen molar-refractivity contribution in [3.05, 3.63) is 49.7 Å². The molecular formula is C12H6Br2N2O3. The van der Waals surface area contributed by atoms with Crippen molar-refractivity contribution in [2.24, 2.45) is 0 Å². The number of halogens is 2. The Morgan fingerprint density at radius 1 is 0.895 bits per heavy atom.